The molecular weight excluding hydrogens is 381 g/mol. The number of carbonyl (C=O) groups is 3. The van der Waals surface area contributed by atoms with E-state index < -0.39 is 5.41 Å². The summed E-state index contributed by atoms with van der Waals surface area (Å²) in [7, 11) is 1.64. The summed E-state index contributed by atoms with van der Waals surface area (Å²) in [5, 5.41) is -0.258. The van der Waals surface area contributed by atoms with E-state index in [1.54, 1.807) is 19.6 Å². The van der Waals surface area contributed by atoms with Crippen molar-refractivity contribution in [2.45, 2.75) is 77.4 Å². The van der Waals surface area contributed by atoms with Gasteiger partial charge in [-0.15, -0.1) is 11.8 Å². The Morgan fingerprint density at radius 2 is 1.76 bits per heavy atom. The number of rotatable bonds is 10. The van der Waals surface area contributed by atoms with Crippen LogP contribution in [0.25, 0.3) is 0 Å². The molecule has 2 amide bonds. The summed E-state index contributed by atoms with van der Waals surface area (Å²) < 4.78 is 0. The van der Waals surface area contributed by atoms with Gasteiger partial charge in [0.15, 0.2) is 7.85 Å². The van der Waals surface area contributed by atoms with Crippen LogP contribution in [-0.2, 0) is 19.8 Å². The minimum absolute atomic E-state index is 0.0961. The van der Waals surface area contributed by atoms with Crippen LogP contribution in [-0.4, -0.2) is 36.3 Å². The van der Waals surface area contributed by atoms with Crippen molar-refractivity contribution in [1.82, 2.24) is 0 Å². The standard InChI is InChI=1S/C23H34BNO3S/c1-6-7-8-13-29-18-14-19(26)25(20(18)27)17-11-9-16(10-12-17)22(2,3)15-23(4,5)21(24)28/h9-12,18H,6-8,13-15,24H2,1-5H3. The van der Waals surface area contributed by atoms with Crippen molar-refractivity contribution in [2.24, 2.45) is 5.41 Å². The van der Waals surface area contributed by atoms with Gasteiger partial charge in [0.2, 0.25) is 11.8 Å². The maximum absolute atomic E-state index is 12.8. The SMILES string of the molecule is BC(=O)C(C)(C)CC(C)(C)c1ccc(N2C(=O)CC(SCCCCC)C2=O)cc1. The summed E-state index contributed by atoms with van der Waals surface area (Å²) in [5.41, 5.74) is 1.33. The summed E-state index contributed by atoms with van der Waals surface area (Å²) in [4.78, 5) is 38.5. The monoisotopic (exact) mass is 415 g/mol. The van der Waals surface area contributed by atoms with Gasteiger partial charge >= 0.3 is 0 Å². The molecule has 1 saturated heterocycles. The molecule has 0 bridgehead atoms. The lowest BCUT2D eigenvalue weighted by Crippen LogP contribution is -2.33. The van der Waals surface area contributed by atoms with E-state index in [1.807, 2.05) is 38.1 Å². The Morgan fingerprint density at radius 3 is 2.31 bits per heavy atom. The first kappa shape index (κ1) is 23.7. The molecular formula is C23H34BNO3S. The second-order valence-electron chi connectivity index (χ2n) is 9.39. The summed E-state index contributed by atoms with van der Waals surface area (Å²) in [6.07, 6.45) is 4.40. The van der Waals surface area contributed by atoms with Gasteiger partial charge in [-0.3, -0.25) is 9.59 Å². The zero-order valence-electron chi connectivity index (χ0n) is 18.7. The number of carbonyl (C=O) groups excluding carboxylic acids is 3. The molecule has 2 rings (SSSR count). The van der Waals surface area contributed by atoms with Crippen molar-refractivity contribution >= 4 is 42.8 Å². The highest BCUT2D eigenvalue weighted by atomic mass is 32.2. The molecule has 29 heavy (non-hydrogen) atoms. The lowest BCUT2D eigenvalue weighted by molar-refractivity contribution is -0.121. The quantitative estimate of drug-likeness (QED) is 0.328. The number of benzene rings is 1. The fourth-order valence-corrected chi connectivity index (χ4v) is 5.14. The maximum atomic E-state index is 12.8. The third kappa shape index (κ3) is 5.75. The molecule has 1 aromatic rings. The minimum atomic E-state index is -0.398. The number of unbranched alkanes of at least 4 members (excludes halogenated alkanes) is 2. The van der Waals surface area contributed by atoms with E-state index >= 15 is 0 Å². The van der Waals surface area contributed by atoms with Gasteiger partial charge in [-0.1, -0.05) is 59.6 Å². The molecule has 1 aliphatic heterocycles. The number of nitrogens with zero attached hydrogens (tertiary/aromatic N) is 1. The molecule has 158 valence electrons. The zero-order valence-corrected chi connectivity index (χ0v) is 19.5. The van der Waals surface area contributed by atoms with Gasteiger partial charge in [-0.05, 0) is 41.7 Å². The van der Waals surface area contributed by atoms with Crippen molar-refractivity contribution < 1.29 is 14.4 Å². The molecule has 0 aliphatic carbocycles. The van der Waals surface area contributed by atoms with Crippen LogP contribution in [0.1, 0.15) is 72.3 Å². The predicted octanol–water partition coefficient (Wildman–Crippen LogP) is 4.10. The van der Waals surface area contributed by atoms with Crippen LogP contribution in [0.4, 0.5) is 5.69 Å². The lowest BCUT2D eigenvalue weighted by Gasteiger charge is -2.34. The molecule has 0 aromatic heterocycles. The topological polar surface area (TPSA) is 54.5 Å². The van der Waals surface area contributed by atoms with E-state index in [1.165, 1.54) is 4.90 Å². The molecule has 1 aromatic carbocycles. The van der Waals surface area contributed by atoms with Crippen molar-refractivity contribution in [3.8, 4) is 0 Å². The van der Waals surface area contributed by atoms with Gasteiger partial charge in [-0.25, -0.2) is 4.90 Å². The average molecular weight is 415 g/mol. The lowest BCUT2D eigenvalue weighted by atomic mass is 9.66. The Balaban J connectivity index is 2.10. The minimum Gasteiger partial charge on any atom is -0.311 e. The Morgan fingerprint density at radius 1 is 1.14 bits per heavy atom. The van der Waals surface area contributed by atoms with Gasteiger partial charge < -0.3 is 4.79 Å². The van der Waals surface area contributed by atoms with Crippen molar-refractivity contribution in [2.75, 3.05) is 10.7 Å². The Kier molecular flexibility index (Phi) is 7.77. The highest BCUT2D eigenvalue weighted by molar-refractivity contribution is 8.00. The first-order chi connectivity index (χ1) is 13.5. The van der Waals surface area contributed by atoms with Crippen LogP contribution < -0.4 is 4.90 Å². The van der Waals surface area contributed by atoms with Gasteiger partial charge in [0.05, 0.1) is 16.6 Å². The molecule has 1 unspecified atom stereocenters. The third-order valence-electron chi connectivity index (χ3n) is 5.92. The van der Waals surface area contributed by atoms with E-state index in [2.05, 4.69) is 20.8 Å². The molecule has 0 radical (unpaired) electrons. The van der Waals surface area contributed by atoms with E-state index in [0.29, 0.717) is 5.69 Å². The third-order valence-corrected chi connectivity index (χ3v) is 7.21. The van der Waals surface area contributed by atoms with Crippen LogP contribution in [0.2, 0.25) is 0 Å². The van der Waals surface area contributed by atoms with Crippen LogP contribution in [0.3, 0.4) is 0 Å². The molecule has 6 heteroatoms. The fraction of sp³-hybridized carbons (Fsp3) is 0.609. The van der Waals surface area contributed by atoms with E-state index in [4.69, 9.17) is 0 Å². The Labute approximate surface area is 180 Å². The maximum Gasteiger partial charge on any atom is 0.247 e. The van der Waals surface area contributed by atoms with Crippen molar-refractivity contribution in [3.63, 3.8) is 0 Å². The Bertz CT molecular complexity index is 758. The highest BCUT2D eigenvalue weighted by Gasteiger charge is 2.40. The molecule has 1 atom stereocenters. The molecule has 1 aliphatic rings. The van der Waals surface area contributed by atoms with Crippen LogP contribution in [0.5, 0.6) is 0 Å². The number of amides is 2. The van der Waals surface area contributed by atoms with Gasteiger partial charge in [0.1, 0.15) is 0 Å². The Hall–Kier alpha value is -1.56. The van der Waals surface area contributed by atoms with Gasteiger partial charge in [0, 0.05) is 11.8 Å². The molecule has 1 fully saturated rings. The summed E-state index contributed by atoms with van der Waals surface area (Å²) in [6, 6.07) is 7.68. The van der Waals surface area contributed by atoms with Crippen LogP contribution in [0, 0.1) is 5.41 Å². The predicted molar refractivity (Wildman–Crippen MR) is 124 cm³/mol. The van der Waals surface area contributed by atoms with E-state index in [9.17, 15) is 14.4 Å². The smallest absolute Gasteiger partial charge is 0.247 e. The number of anilines is 1. The number of hydrogen-bond donors (Lipinski definition) is 0. The van der Waals surface area contributed by atoms with Crippen molar-refractivity contribution in [3.05, 3.63) is 29.8 Å². The molecule has 0 spiro atoms. The highest BCUT2D eigenvalue weighted by Crippen LogP contribution is 2.38. The second kappa shape index (κ2) is 9.50. The van der Waals surface area contributed by atoms with Gasteiger partial charge in [0.25, 0.3) is 0 Å². The molecule has 0 saturated carbocycles. The number of imide groups is 1. The number of hydrogen-bond acceptors (Lipinski definition) is 4. The normalized spacial score (nSPS) is 17.8. The summed E-state index contributed by atoms with van der Waals surface area (Å²) >= 11 is 1.61. The summed E-state index contributed by atoms with van der Waals surface area (Å²) in [6.45, 7) is 10.4. The number of thioether (sulfide) groups is 1. The second-order valence-corrected chi connectivity index (χ2v) is 10.7. The fourth-order valence-electron chi connectivity index (χ4n) is 3.98. The zero-order chi connectivity index (χ0) is 21.8. The molecule has 0 N–H and O–H groups in total. The van der Waals surface area contributed by atoms with Gasteiger partial charge in [-0.2, -0.15) is 0 Å². The largest absolute Gasteiger partial charge is 0.311 e. The summed E-state index contributed by atoms with van der Waals surface area (Å²) in [5.74, 6) is 0.707. The molecule has 4 nitrogen and oxygen atoms in total. The van der Waals surface area contributed by atoms with Crippen molar-refractivity contribution in [1.29, 1.82) is 0 Å². The molecule has 1 heterocycles. The van der Waals surface area contributed by atoms with Crippen LogP contribution in [0.15, 0.2) is 24.3 Å². The van der Waals surface area contributed by atoms with Crippen LogP contribution >= 0.6 is 11.8 Å². The first-order valence-corrected chi connectivity index (χ1v) is 11.6. The van der Waals surface area contributed by atoms with E-state index in [0.717, 1.165) is 37.0 Å². The average Bonchev–Trinajstić information content (AvgIpc) is 2.91. The van der Waals surface area contributed by atoms with E-state index in [-0.39, 0.29) is 34.6 Å². The first-order valence-electron chi connectivity index (χ1n) is 10.6.